The molecule has 4 heterocycles. The van der Waals surface area contributed by atoms with Gasteiger partial charge in [0.05, 0.1) is 22.0 Å². The number of nitrogens with zero attached hydrogens (tertiary/aromatic N) is 4. The summed E-state index contributed by atoms with van der Waals surface area (Å²) in [6, 6.07) is 11.5. The highest BCUT2D eigenvalue weighted by atomic mass is 32.2. The Morgan fingerprint density at radius 2 is 1.97 bits per heavy atom. The lowest BCUT2D eigenvalue weighted by Crippen LogP contribution is -2.45. The average molecular weight is 493 g/mol. The van der Waals surface area contributed by atoms with E-state index in [9.17, 15) is 8.42 Å². The van der Waals surface area contributed by atoms with Crippen molar-refractivity contribution in [2.75, 3.05) is 38.2 Å². The summed E-state index contributed by atoms with van der Waals surface area (Å²) < 4.78 is 34.7. The van der Waals surface area contributed by atoms with Crippen LogP contribution in [0.4, 0.5) is 5.69 Å². The molecule has 1 aliphatic carbocycles. The topological polar surface area (TPSA) is 67.7 Å². The first-order valence-electron chi connectivity index (χ1n) is 12.6. The molecule has 2 saturated heterocycles. The summed E-state index contributed by atoms with van der Waals surface area (Å²) in [5.41, 5.74) is 4.43. The van der Waals surface area contributed by atoms with Gasteiger partial charge in [-0.05, 0) is 81.1 Å². The van der Waals surface area contributed by atoms with Crippen LogP contribution in [0.2, 0.25) is 0 Å². The number of anilines is 1. The molecule has 6 rings (SSSR count). The van der Waals surface area contributed by atoms with Crippen LogP contribution in [-0.4, -0.2) is 67.7 Å². The standard InChI is InChI=1S/C27H32N4O3S/c1-34-23-12-16-30(18-23)22-5-2-6-24(17-22)35(32,33)31-19-25(27-26(31)7-3-13-28-27)20-8-10-21(11-9-20)29-14-4-15-29/h2-3,5-8,13,17,19,21,23H,4,9-12,14-16,18H2,1H3. The van der Waals surface area contributed by atoms with Crippen molar-refractivity contribution in [1.82, 2.24) is 13.9 Å². The Morgan fingerprint density at radius 3 is 2.69 bits per heavy atom. The smallest absolute Gasteiger partial charge is 0.268 e. The first-order valence-corrected chi connectivity index (χ1v) is 14.0. The van der Waals surface area contributed by atoms with Crippen molar-refractivity contribution in [3.05, 3.63) is 60.4 Å². The van der Waals surface area contributed by atoms with Crippen molar-refractivity contribution in [3.63, 3.8) is 0 Å². The van der Waals surface area contributed by atoms with Crippen LogP contribution >= 0.6 is 0 Å². The van der Waals surface area contributed by atoms with Gasteiger partial charge in [0.2, 0.25) is 0 Å². The number of ether oxygens (including phenoxy) is 1. The molecule has 3 aliphatic rings. The fourth-order valence-electron chi connectivity index (χ4n) is 5.68. The summed E-state index contributed by atoms with van der Waals surface area (Å²) in [4.78, 5) is 9.64. The molecule has 35 heavy (non-hydrogen) atoms. The van der Waals surface area contributed by atoms with Crippen molar-refractivity contribution >= 4 is 32.3 Å². The largest absolute Gasteiger partial charge is 0.380 e. The zero-order valence-electron chi connectivity index (χ0n) is 20.1. The summed E-state index contributed by atoms with van der Waals surface area (Å²) >= 11 is 0. The summed E-state index contributed by atoms with van der Waals surface area (Å²) in [5, 5.41) is 0. The Morgan fingerprint density at radius 1 is 1.09 bits per heavy atom. The minimum absolute atomic E-state index is 0.182. The van der Waals surface area contributed by atoms with Gasteiger partial charge in [-0.1, -0.05) is 12.1 Å². The quantitative estimate of drug-likeness (QED) is 0.515. The second-order valence-corrected chi connectivity index (χ2v) is 11.7. The maximum Gasteiger partial charge on any atom is 0.268 e. The molecular formula is C27H32N4O3S. The highest BCUT2D eigenvalue weighted by Gasteiger charge is 2.29. The van der Waals surface area contributed by atoms with E-state index in [1.807, 2.05) is 18.2 Å². The van der Waals surface area contributed by atoms with Crippen LogP contribution < -0.4 is 4.90 Å². The molecule has 0 amide bonds. The van der Waals surface area contributed by atoms with E-state index < -0.39 is 10.0 Å². The third-order valence-electron chi connectivity index (χ3n) is 7.88. The molecule has 7 nitrogen and oxygen atoms in total. The van der Waals surface area contributed by atoms with Crippen LogP contribution in [0, 0.1) is 0 Å². The lowest BCUT2D eigenvalue weighted by atomic mass is 9.89. The Hall–Kier alpha value is -2.68. The van der Waals surface area contributed by atoms with Crippen LogP contribution in [0.25, 0.3) is 16.6 Å². The molecule has 2 unspecified atom stereocenters. The number of methoxy groups -OCH3 is 1. The minimum Gasteiger partial charge on any atom is -0.380 e. The number of aromatic nitrogens is 2. The van der Waals surface area contributed by atoms with E-state index in [1.54, 1.807) is 37.7 Å². The SMILES string of the molecule is COC1CCN(c2cccc(S(=O)(=O)n3cc(C4=CCC(N5CCC5)CC4)c4ncccc43)c2)C1. The van der Waals surface area contributed by atoms with Gasteiger partial charge in [0.25, 0.3) is 10.0 Å². The van der Waals surface area contributed by atoms with Crippen LogP contribution in [0.3, 0.4) is 0 Å². The van der Waals surface area contributed by atoms with Crippen molar-refractivity contribution in [2.45, 2.75) is 49.1 Å². The molecule has 0 bridgehead atoms. The van der Waals surface area contributed by atoms with Crippen LogP contribution in [0.5, 0.6) is 0 Å². The highest BCUT2D eigenvalue weighted by Crippen LogP contribution is 2.36. The molecular weight excluding hydrogens is 460 g/mol. The van der Waals surface area contributed by atoms with E-state index in [1.165, 1.54) is 29.1 Å². The molecule has 1 aromatic carbocycles. The third kappa shape index (κ3) is 4.07. The summed E-state index contributed by atoms with van der Waals surface area (Å²) in [6.07, 6.45) is 11.3. The van der Waals surface area contributed by atoms with Crippen molar-refractivity contribution < 1.29 is 13.2 Å². The number of pyridine rings is 1. The second kappa shape index (κ2) is 9.08. The third-order valence-corrected chi connectivity index (χ3v) is 9.55. The molecule has 0 N–H and O–H groups in total. The van der Waals surface area contributed by atoms with Gasteiger partial charge < -0.3 is 9.64 Å². The first-order chi connectivity index (χ1) is 17.0. The first kappa shape index (κ1) is 22.8. The Labute approximate surface area is 207 Å². The summed E-state index contributed by atoms with van der Waals surface area (Å²) in [6.45, 7) is 4.04. The number of fused-ring (bicyclic) bond motifs is 1. The fraction of sp³-hybridized carbons (Fsp3) is 0.444. The van der Waals surface area contributed by atoms with Crippen LogP contribution in [0.1, 0.15) is 37.7 Å². The molecule has 8 heteroatoms. The van der Waals surface area contributed by atoms with Crippen molar-refractivity contribution in [2.24, 2.45) is 0 Å². The molecule has 2 fully saturated rings. The number of hydrogen-bond acceptors (Lipinski definition) is 6. The van der Waals surface area contributed by atoms with Gasteiger partial charge in [-0.25, -0.2) is 12.4 Å². The zero-order valence-corrected chi connectivity index (χ0v) is 21.0. The predicted molar refractivity (Wildman–Crippen MR) is 138 cm³/mol. The molecule has 2 atom stereocenters. The second-order valence-electron chi connectivity index (χ2n) is 9.85. The van der Waals surface area contributed by atoms with Gasteiger partial charge >= 0.3 is 0 Å². The van der Waals surface area contributed by atoms with Gasteiger partial charge in [-0.2, -0.15) is 0 Å². The molecule has 2 aliphatic heterocycles. The summed E-state index contributed by atoms with van der Waals surface area (Å²) in [5.74, 6) is 0. The minimum atomic E-state index is -3.79. The maximum atomic E-state index is 13.9. The van der Waals surface area contributed by atoms with E-state index in [0.29, 0.717) is 16.5 Å². The Balaban J connectivity index is 1.35. The monoisotopic (exact) mass is 492 g/mol. The van der Waals surface area contributed by atoms with Gasteiger partial charge in [0, 0.05) is 49.9 Å². The number of hydrogen-bond donors (Lipinski definition) is 0. The van der Waals surface area contributed by atoms with E-state index in [-0.39, 0.29) is 6.10 Å². The number of likely N-dealkylation sites (tertiary alicyclic amines) is 1. The van der Waals surface area contributed by atoms with Gasteiger partial charge in [0.15, 0.2) is 0 Å². The Kier molecular flexibility index (Phi) is 5.90. The molecule has 0 spiro atoms. The molecule has 0 saturated carbocycles. The molecule has 3 aromatic rings. The van der Waals surface area contributed by atoms with Gasteiger partial charge in [-0.15, -0.1) is 0 Å². The zero-order chi connectivity index (χ0) is 24.0. The maximum absolute atomic E-state index is 13.9. The average Bonchev–Trinajstić information content (AvgIpc) is 3.49. The summed E-state index contributed by atoms with van der Waals surface area (Å²) in [7, 11) is -2.06. The van der Waals surface area contributed by atoms with Crippen molar-refractivity contribution in [1.29, 1.82) is 0 Å². The molecule has 2 aromatic heterocycles. The molecule has 184 valence electrons. The number of benzene rings is 1. The van der Waals surface area contributed by atoms with Gasteiger partial charge in [0.1, 0.15) is 0 Å². The lowest BCUT2D eigenvalue weighted by Gasteiger charge is -2.39. The van der Waals surface area contributed by atoms with Crippen LogP contribution in [0.15, 0.2) is 59.8 Å². The lowest BCUT2D eigenvalue weighted by molar-refractivity contribution is 0.111. The van der Waals surface area contributed by atoms with Crippen molar-refractivity contribution in [3.8, 4) is 0 Å². The normalized spacial score (nSPS) is 23.5. The van der Waals surface area contributed by atoms with Gasteiger partial charge in [-0.3, -0.25) is 9.88 Å². The van der Waals surface area contributed by atoms with E-state index in [2.05, 4.69) is 20.9 Å². The number of allylic oxidation sites excluding steroid dienone is 1. The fourth-order valence-corrected chi connectivity index (χ4v) is 7.07. The van der Waals surface area contributed by atoms with E-state index >= 15 is 0 Å². The highest BCUT2D eigenvalue weighted by molar-refractivity contribution is 7.90. The van der Waals surface area contributed by atoms with E-state index in [0.717, 1.165) is 55.5 Å². The predicted octanol–water partition coefficient (Wildman–Crippen LogP) is 4.14. The van der Waals surface area contributed by atoms with E-state index in [4.69, 9.17) is 4.74 Å². The van der Waals surface area contributed by atoms with Crippen LogP contribution in [-0.2, 0) is 14.8 Å². The number of rotatable bonds is 6. The Bertz CT molecular complexity index is 1380. The molecule has 0 radical (unpaired) electrons.